The van der Waals surface area contributed by atoms with Gasteiger partial charge in [0.25, 0.3) is 5.91 Å². The normalized spacial score (nSPS) is 10.3. The van der Waals surface area contributed by atoms with Crippen LogP contribution in [0, 0.1) is 0 Å². The number of methoxy groups -OCH3 is 2. The number of carbonyl (C=O) groups is 1. The van der Waals surface area contributed by atoms with Crippen LogP contribution in [0.15, 0.2) is 67.0 Å². The number of nitrogens with zero attached hydrogens (tertiary/aromatic N) is 2. The van der Waals surface area contributed by atoms with Crippen molar-refractivity contribution in [3.05, 3.63) is 83.7 Å². The molecule has 0 aliphatic carbocycles. The summed E-state index contributed by atoms with van der Waals surface area (Å²) in [5.74, 6) is 2.01. The molecule has 2 aromatic carbocycles. The molecule has 1 aromatic heterocycles. The van der Waals surface area contributed by atoms with Crippen molar-refractivity contribution in [2.24, 2.45) is 0 Å². The van der Waals surface area contributed by atoms with E-state index in [2.05, 4.69) is 4.98 Å². The van der Waals surface area contributed by atoms with Gasteiger partial charge in [-0.2, -0.15) is 0 Å². The molecule has 0 N–H and O–H groups in total. The third kappa shape index (κ3) is 5.25. The summed E-state index contributed by atoms with van der Waals surface area (Å²) in [6, 6.07) is 16.5. The van der Waals surface area contributed by atoms with E-state index >= 15 is 0 Å². The minimum absolute atomic E-state index is 0.0818. The van der Waals surface area contributed by atoms with Gasteiger partial charge in [-0.25, -0.2) is 0 Å². The second-order valence-corrected chi connectivity index (χ2v) is 6.51. The lowest BCUT2D eigenvalue weighted by atomic mass is 10.1. The van der Waals surface area contributed by atoms with Crippen LogP contribution in [-0.2, 0) is 13.2 Å². The van der Waals surface area contributed by atoms with Crippen molar-refractivity contribution >= 4 is 5.91 Å². The molecule has 0 radical (unpaired) electrons. The van der Waals surface area contributed by atoms with E-state index in [1.807, 2.05) is 30.3 Å². The third-order valence-corrected chi connectivity index (χ3v) is 4.48. The fraction of sp³-hybridized carbons (Fsp3) is 0.217. The number of hydrogen-bond acceptors (Lipinski definition) is 5. The second kappa shape index (κ2) is 9.59. The number of benzene rings is 2. The first-order valence-electron chi connectivity index (χ1n) is 9.19. The predicted octanol–water partition coefficient (Wildman–Crippen LogP) is 3.95. The fourth-order valence-electron chi connectivity index (χ4n) is 2.87. The molecule has 0 bridgehead atoms. The Hall–Kier alpha value is -3.54. The summed E-state index contributed by atoms with van der Waals surface area (Å²) in [6.45, 7) is 0.851. The van der Waals surface area contributed by atoms with Gasteiger partial charge in [0.15, 0.2) is 0 Å². The van der Waals surface area contributed by atoms with Crippen molar-refractivity contribution in [3.8, 4) is 17.2 Å². The SMILES string of the molecule is COc1ccc(CN(C)C(=O)c2ccc(OCc3cccnc3)cc2)c(OC)c1. The molecule has 0 saturated carbocycles. The molecule has 3 aromatic rings. The highest BCUT2D eigenvalue weighted by Gasteiger charge is 2.15. The zero-order chi connectivity index (χ0) is 20.6. The van der Waals surface area contributed by atoms with Gasteiger partial charge in [0, 0.05) is 48.7 Å². The Balaban J connectivity index is 1.62. The van der Waals surface area contributed by atoms with E-state index in [0.29, 0.717) is 36.0 Å². The summed E-state index contributed by atoms with van der Waals surface area (Å²) in [5, 5.41) is 0. The molecule has 29 heavy (non-hydrogen) atoms. The number of pyridine rings is 1. The van der Waals surface area contributed by atoms with Gasteiger partial charge in [-0.1, -0.05) is 6.07 Å². The lowest BCUT2D eigenvalue weighted by Gasteiger charge is -2.19. The number of hydrogen-bond donors (Lipinski definition) is 0. The number of carbonyl (C=O) groups excluding carboxylic acids is 1. The van der Waals surface area contributed by atoms with Crippen molar-refractivity contribution in [2.75, 3.05) is 21.3 Å². The van der Waals surface area contributed by atoms with Crippen molar-refractivity contribution < 1.29 is 19.0 Å². The largest absolute Gasteiger partial charge is 0.497 e. The van der Waals surface area contributed by atoms with E-state index in [1.165, 1.54) is 0 Å². The monoisotopic (exact) mass is 392 g/mol. The molecule has 0 unspecified atom stereocenters. The average Bonchev–Trinajstić information content (AvgIpc) is 2.78. The van der Waals surface area contributed by atoms with Gasteiger partial charge in [0.2, 0.25) is 0 Å². The Morgan fingerprint density at radius 2 is 1.76 bits per heavy atom. The number of rotatable bonds is 8. The van der Waals surface area contributed by atoms with E-state index in [9.17, 15) is 4.79 Å². The summed E-state index contributed by atoms with van der Waals surface area (Å²) in [5.41, 5.74) is 2.48. The molecule has 1 amide bonds. The van der Waals surface area contributed by atoms with Gasteiger partial charge in [-0.15, -0.1) is 0 Å². The molecular formula is C23H24N2O4. The summed E-state index contributed by atoms with van der Waals surface area (Å²) in [4.78, 5) is 18.5. The van der Waals surface area contributed by atoms with Crippen LogP contribution in [0.1, 0.15) is 21.5 Å². The van der Waals surface area contributed by atoms with Crippen molar-refractivity contribution in [3.63, 3.8) is 0 Å². The quantitative estimate of drug-likeness (QED) is 0.581. The van der Waals surface area contributed by atoms with Crippen molar-refractivity contribution in [2.45, 2.75) is 13.2 Å². The van der Waals surface area contributed by atoms with Crippen LogP contribution in [0.2, 0.25) is 0 Å². The minimum Gasteiger partial charge on any atom is -0.497 e. The van der Waals surface area contributed by atoms with E-state index in [1.54, 1.807) is 62.8 Å². The van der Waals surface area contributed by atoms with Crippen molar-refractivity contribution in [1.29, 1.82) is 0 Å². The summed E-state index contributed by atoms with van der Waals surface area (Å²) < 4.78 is 16.4. The Labute approximate surface area is 170 Å². The lowest BCUT2D eigenvalue weighted by Crippen LogP contribution is -2.26. The molecule has 0 fully saturated rings. The van der Waals surface area contributed by atoms with Crippen LogP contribution in [0.25, 0.3) is 0 Å². The van der Waals surface area contributed by atoms with Crippen LogP contribution in [0.5, 0.6) is 17.2 Å². The zero-order valence-corrected chi connectivity index (χ0v) is 16.8. The maximum Gasteiger partial charge on any atom is 0.253 e. The third-order valence-electron chi connectivity index (χ3n) is 4.48. The second-order valence-electron chi connectivity index (χ2n) is 6.51. The van der Waals surface area contributed by atoms with E-state index in [-0.39, 0.29) is 5.91 Å². The maximum absolute atomic E-state index is 12.8. The van der Waals surface area contributed by atoms with Gasteiger partial charge < -0.3 is 19.1 Å². The van der Waals surface area contributed by atoms with Crippen LogP contribution >= 0.6 is 0 Å². The smallest absolute Gasteiger partial charge is 0.253 e. The highest BCUT2D eigenvalue weighted by molar-refractivity contribution is 5.94. The molecule has 150 valence electrons. The first-order valence-corrected chi connectivity index (χ1v) is 9.19. The van der Waals surface area contributed by atoms with Crippen molar-refractivity contribution in [1.82, 2.24) is 9.88 Å². The molecule has 1 heterocycles. The Morgan fingerprint density at radius 3 is 2.41 bits per heavy atom. The number of amides is 1. The lowest BCUT2D eigenvalue weighted by molar-refractivity contribution is 0.0784. The molecule has 0 aliphatic heterocycles. The first kappa shape index (κ1) is 20.2. The summed E-state index contributed by atoms with van der Waals surface area (Å²) >= 11 is 0. The average molecular weight is 392 g/mol. The Kier molecular flexibility index (Phi) is 6.68. The molecule has 0 atom stereocenters. The van der Waals surface area contributed by atoms with E-state index in [4.69, 9.17) is 14.2 Å². The molecular weight excluding hydrogens is 368 g/mol. The molecule has 0 aliphatic rings. The molecule has 6 heteroatoms. The Bertz CT molecular complexity index is 943. The summed E-state index contributed by atoms with van der Waals surface area (Å²) in [7, 11) is 4.97. The van der Waals surface area contributed by atoms with Crippen LogP contribution in [0.4, 0.5) is 0 Å². The molecule has 0 saturated heterocycles. The van der Waals surface area contributed by atoms with Gasteiger partial charge in [0.1, 0.15) is 23.9 Å². The Morgan fingerprint density at radius 1 is 1.00 bits per heavy atom. The highest BCUT2D eigenvalue weighted by atomic mass is 16.5. The number of ether oxygens (including phenoxy) is 3. The van der Waals surface area contributed by atoms with Crippen LogP contribution in [-0.4, -0.2) is 37.1 Å². The molecule has 6 nitrogen and oxygen atoms in total. The van der Waals surface area contributed by atoms with Gasteiger partial charge in [-0.3, -0.25) is 9.78 Å². The van der Waals surface area contributed by atoms with Gasteiger partial charge >= 0.3 is 0 Å². The zero-order valence-electron chi connectivity index (χ0n) is 16.8. The van der Waals surface area contributed by atoms with Gasteiger partial charge in [0.05, 0.1) is 14.2 Å². The topological polar surface area (TPSA) is 60.9 Å². The highest BCUT2D eigenvalue weighted by Crippen LogP contribution is 2.26. The molecule has 0 spiro atoms. The predicted molar refractivity (Wildman–Crippen MR) is 110 cm³/mol. The van der Waals surface area contributed by atoms with E-state index < -0.39 is 0 Å². The van der Waals surface area contributed by atoms with Crippen LogP contribution < -0.4 is 14.2 Å². The first-order chi connectivity index (χ1) is 14.1. The number of aromatic nitrogens is 1. The minimum atomic E-state index is -0.0818. The van der Waals surface area contributed by atoms with E-state index in [0.717, 1.165) is 11.1 Å². The van der Waals surface area contributed by atoms with Gasteiger partial charge in [-0.05, 0) is 42.5 Å². The van der Waals surface area contributed by atoms with Crippen LogP contribution in [0.3, 0.4) is 0 Å². The molecule has 3 rings (SSSR count). The maximum atomic E-state index is 12.8. The summed E-state index contributed by atoms with van der Waals surface area (Å²) in [6.07, 6.45) is 3.49. The fourth-order valence-corrected chi connectivity index (χ4v) is 2.87. The standard InChI is InChI=1S/C23H24N2O4/c1-25(15-19-8-11-21(27-2)13-22(19)28-3)23(26)18-6-9-20(10-7-18)29-16-17-5-4-12-24-14-17/h4-14H,15-16H2,1-3H3.